The van der Waals surface area contributed by atoms with E-state index in [1.54, 1.807) is 7.11 Å². The Morgan fingerprint density at radius 1 is 1.33 bits per heavy atom. The summed E-state index contributed by atoms with van der Waals surface area (Å²) in [4.78, 5) is 0. The Hall–Kier alpha value is -1.06. The first-order valence-corrected chi connectivity index (χ1v) is 6.56. The first-order chi connectivity index (χ1) is 8.63. The average Bonchev–Trinajstić information content (AvgIpc) is 2.27. The monoisotopic (exact) mass is 249 g/mol. The van der Waals surface area contributed by atoms with Gasteiger partial charge in [-0.2, -0.15) is 0 Å². The van der Waals surface area contributed by atoms with Crippen LogP contribution in [0, 0.1) is 13.8 Å². The van der Waals surface area contributed by atoms with Gasteiger partial charge in [-0.3, -0.25) is 0 Å². The molecule has 0 aliphatic carbocycles. The van der Waals surface area contributed by atoms with Gasteiger partial charge in [-0.25, -0.2) is 0 Å². The summed E-state index contributed by atoms with van der Waals surface area (Å²) in [5, 5.41) is 0. The molecular weight excluding hydrogens is 226 g/mol. The summed E-state index contributed by atoms with van der Waals surface area (Å²) >= 11 is 0. The van der Waals surface area contributed by atoms with Crippen LogP contribution in [-0.2, 0) is 10.2 Å². The molecule has 0 unspecified atom stereocenters. The van der Waals surface area contributed by atoms with Crippen LogP contribution in [0.15, 0.2) is 12.1 Å². The average molecular weight is 249 g/mol. The van der Waals surface area contributed by atoms with Crippen LogP contribution in [0.1, 0.15) is 29.5 Å². The van der Waals surface area contributed by atoms with E-state index < -0.39 is 0 Å². The number of hydrogen-bond acceptors (Lipinski definition) is 3. The third-order valence-electron chi connectivity index (χ3n) is 3.81. The van der Waals surface area contributed by atoms with Crippen molar-refractivity contribution in [2.75, 3.05) is 26.9 Å². The molecule has 3 nitrogen and oxygen atoms in total. The van der Waals surface area contributed by atoms with Crippen LogP contribution in [0.5, 0.6) is 5.75 Å². The summed E-state index contributed by atoms with van der Waals surface area (Å²) in [6.07, 6.45) is 2.10. The lowest BCUT2D eigenvalue weighted by Crippen LogP contribution is -2.47. The minimum atomic E-state index is 0.113. The van der Waals surface area contributed by atoms with Gasteiger partial charge in [0.05, 0.1) is 20.3 Å². The van der Waals surface area contributed by atoms with E-state index in [1.807, 2.05) is 0 Å². The number of rotatable bonds is 5. The van der Waals surface area contributed by atoms with Crippen LogP contribution >= 0.6 is 0 Å². The Balaban J connectivity index is 2.41. The van der Waals surface area contributed by atoms with Crippen LogP contribution in [0.2, 0.25) is 0 Å². The second-order valence-electron chi connectivity index (χ2n) is 5.33. The summed E-state index contributed by atoms with van der Waals surface area (Å²) in [6.45, 7) is 6.53. The molecule has 100 valence electrons. The van der Waals surface area contributed by atoms with Crippen molar-refractivity contribution < 1.29 is 9.47 Å². The van der Waals surface area contributed by atoms with Gasteiger partial charge in [-0.1, -0.05) is 17.7 Å². The summed E-state index contributed by atoms with van der Waals surface area (Å²) in [7, 11) is 1.75. The number of ether oxygens (including phenoxy) is 2. The van der Waals surface area contributed by atoms with E-state index in [9.17, 15) is 0 Å². The second kappa shape index (κ2) is 5.29. The molecule has 0 bridgehead atoms. The first-order valence-electron chi connectivity index (χ1n) is 6.56. The number of aryl methyl sites for hydroxylation is 2. The van der Waals surface area contributed by atoms with Gasteiger partial charge in [0, 0.05) is 11.0 Å². The van der Waals surface area contributed by atoms with Gasteiger partial charge in [0.1, 0.15) is 5.75 Å². The fourth-order valence-corrected chi connectivity index (χ4v) is 2.84. The van der Waals surface area contributed by atoms with Crippen molar-refractivity contribution >= 4 is 0 Å². The zero-order valence-electron chi connectivity index (χ0n) is 11.6. The zero-order chi connectivity index (χ0) is 13.2. The van der Waals surface area contributed by atoms with Gasteiger partial charge in [-0.05, 0) is 38.8 Å². The zero-order valence-corrected chi connectivity index (χ0v) is 11.6. The van der Waals surface area contributed by atoms with E-state index in [2.05, 4.69) is 26.0 Å². The van der Waals surface area contributed by atoms with Gasteiger partial charge in [0.2, 0.25) is 0 Å². The largest absolute Gasteiger partial charge is 0.496 e. The molecule has 18 heavy (non-hydrogen) atoms. The Morgan fingerprint density at radius 3 is 2.56 bits per heavy atom. The number of nitrogens with two attached hydrogens (primary N) is 1. The van der Waals surface area contributed by atoms with E-state index in [1.165, 1.54) is 16.7 Å². The van der Waals surface area contributed by atoms with Crippen LogP contribution in [0.25, 0.3) is 0 Å². The summed E-state index contributed by atoms with van der Waals surface area (Å²) < 4.78 is 11.1. The molecule has 1 aliphatic rings. The highest BCUT2D eigenvalue weighted by Gasteiger charge is 2.42. The molecular formula is C15H23NO2. The van der Waals surface area contributed by atoms with Gasteiger partial charge in [0.25, 0.3) is 0 Å². The number of methoxy groups -OCH3 is 1. The van der Waals surface area contributed by atoms with Crippen LogP contribution in [-0.4, -0.2) is 26.9 Å². The molecule has 1 aliphatic heterocycles. The summed E-state index contributed by atoms with van der Waals surface area (Å²) in [5.74, 6) is 1.01. The maximum absolute atomic E-state index is 5.65. The normalized spacial score (nSPS) is 17.3. The fraction of sp³-hybridized carbons (Fsp3) is 0.600. The lowest BCUT2D eigenvalue weighted by molar-refractivity contribution is -0.0658. The van der Waals surface area contributed by atoms with E-state index in [0.29, 0.717) is 0 Å². The van der Waals surface area contributed by atoms with Crippen LogP contribution in [0.3, 0.4) is 0 Å². The summed E-state index contributed by atoms with van der Waals surface area (Å²) in [6, 6.07) is 4.41. The molecule has 1 aromatic rings. The molecule has 1 fully saturated rings. The molecule has 3 heteroatoms. The van der Waals surface area contributed by atoms with E-state index in [0.717, 1.165) is 38.3 Å². The Kier molecular flexibility index (Phi) is 3.93. The Labute approximate surface area is 109 Å². The van der Waals surface area contributed by atoms with Crippen molar-refractivity contribution in [3.05, 3.63) is 28.8 Å². The highest BCUT2D eigenvalue weighted by atomic mass is 16.5. The van der Waals surface area contributed by atoms with Crippen LogP contribution < -0.4 is 10.5 Å². The molecule has 0 atom stereocenters. The minimum absolute atomic E-state index is 0.113. The Bertz CT molecular complexity index is 425. The molecule has 2 N–H and O–H groups in total. The van der Waals surface area contributed by atoms with Crippen LogP contribution in [0.4, 0.5) is 0 Å². The van der Waals surface area contributed by atoms with Crippen molar-refractivity contribution in [2.45, 2.75) is 32.1 Å². The molecule has 1 aromatic carbocycles. The molecule has 0 aromatic heterocycles. The fourth-order valence-electron chi connectivity index (χ4n) is 2.84. The summed E-state index contributed by atoms with van der Waals surface area (Å²) in [5.41, 5.74) is 9.54. The molecule has 2 rings (SSSR count). The lowest BCUT2D eigenvalue weighted by atomic mass is 9.73. The smallest absolute Gasteiger partial charge is 0.125 e. The van der Waals surface area contributed by atoms with Crippen molar-refractivity contribution in [2.24, 2.45) is 5.73 Å². The predicted octanol–water partition coefficient (Wildman–Crippen LogP) is 2.32. The standard InChI is InChI=1S/C15H23NO2/c1-11-7-12(2)14(17-3)13(8-11)15(5-4-6-16)9-18-10-15/h7-8H,4-6,9-10,16H2,1-3H3. The highest BCUT2D eigenvalue weighted by molar-refractivity contribution is 5.49. The topological polar surface area (TPSA) is 44.5 Å². The third kappa shape index (κ3) is 2.25. The van der Waals surface area contributed by atoms with Gasteiger partial charge in [0.15, 0.2) is 0 Å². The molecule has 1 heterocycles. The third-order valence-corrected chi connectivity index (χ3v) is 3.81. The maximum Gasteiger partial charge on any atom is 0.125 e. The molecule has 0 radical (unpaired) electrons. The van der Waals surface area contributed by atoms with Gasteiger partial charge < -0.3 is 15.2 Å². The van der Waals surface area contributed by atoms with E-state index >= 15 is 0 Å². The molecule has 0 amide bonds. The Morgan fingerprint density at radius 2 is 2.06 bits per heavy atom. The SMILES string of the molecule is COc1c(C)cc(C)cc1C1(CCCN)COC1. The van der Waals surface area contributed by atoms with E-state index in [4.69, 9.17) is 15.2 Å². The second-order valence-corrected chi connectivity index (χ2v) is 5.33. The van der Waals surface area contributed by atoms with Crippen molar-refractivity contribution in [3.63, 3.8) is 0 Å². The first kappa shape index (κ1) is 13.4. The predicted molar refractivity (Wildman–Crippen MR) is 73.3 cm³/mol. The lowest BCUT2D eigenvalue weighted by Gasteiger charge is -2.43. The number of hydrogen-bond donors (Lipinski definition) is 1. The molecule has 1 saturated heterocycles. The molecule has 0 spiro atoms. The van der Waals surface area contributed by atoms with Gasteiger partial charge in [-0.15, -0.1) is 0 Å². The van der Waals surface area contributed by atoms with Crippen molar-refractivity contribution in [1.29, 1.82) is 0 Å². The minimum Gasteiger partial charge on any atom is -0.496 e. The highest BCUT2D eigenvalue weighted by Crippen LogP contribution is 2.43. The van der Waals surface area contributed by atoms with E-state index in [-0.39, 0.29) is 5.41 Å². The van der Waals surface area contributed by atoms with Crippen molar-refractivity contribution in [3.8, 4) is 5.75 Å². The van der Waals surface area contributed by atoms with Crippen molar-refractivity contribution in [1.82, 2.24) is 0 Å². The quantitative estimate of drug-likeness (QED) is 0.871. The van der Waals surface area contributed by atoms with Gasteiger partial charge >= 0.3 is 0 Å². The number of benzene rings is 1. The maximum atomic E-state index is 5.65. The molecule has 0 saturated carbocycles.